The summed E-state index contributed by atoms with van der Waals surface area (Å²) in [5.74, 6) is 5.12. The zero-order valence-corrected chi connectivity index (χ0v) is 12.7. The molecular weight excluding hydrogens is 223 g/mol. The summed E-state index contributed by atoms with van der Waals surface area (Å²) in [7, 11) is -0.788. The Morgan fingerprint density at radius 1 is 0.647 bits per heavy atom. The van der Waals surface area contributed by atoms with Crippen LogP contribution in [0.1, 0.15) is 65.2 Å². The molecule has 0 unspecified atom stereocenters. The molecule has 1 rings (SSSR count). The van der Waals surface area contributed by atoms with Gasteiger partial charge in [0.05, 0.1) is 0 Å². The summed E-state index contributed by atoms with van der Waals surface area (Å²) >= 11 is 0. The Hall–Kier alpha value is -0.0900. The van der Waals surface area contributed by atoms with Gasteiger partial charge in [0.1, 0.15) is 0 Å². The van der Waals surface area contributed by atoms with Gasteiger partial charge >= 0.3 is 0 Å². The van der Waals surface area contributed by atoms with E-state index in [4.69, 9.17) is 0 Å². The minimum absolute atomic E-state index is 0.788. The smallest absolute Gasteiger partial charge is 0.0295 e. The third kappa shape index (κ3) is 5.87. The zero-order valence-electron chi connectivity index (χ0n) is 11.8. The summed E-state index contributed by atoms with van der Waals surface area (Å²) < 4.78 is 0. The molecule has 0 saturated carbocycles. The van der Waals surface area contributed by atoms with E-state index < -0.39 is 7.26 Å². The van der Waals surface area contributed by atoms with Crippen molar-refractivity contribution in [2.45, 2.75) is 65.2 Å². The maximum absolute atomic E-state index is 2.56. The van der Waals surface area contributed by atoms with Crippen molar-refractivity contribution in [2.24, 2.45) is 0 Å². The second-order valence-corrected chi connectivity index (χ2v) is 9.05. The van der Waals surface area contributed by atoms with E-state index in [9.17, 15) is 0 Å². The largest absolute Gasteiger partial charge is 0.0848 e. The first kappa shape index (κ1) is 15.0. The zero-order chi connectivity index (χ0) is 12.4. The number of unbranched alkanes of at least 4 members (excludes halogenated alkanes) is 6. The third-order valence-corrected chi connectivity index (χ3v) is 7.56. The summed E-state index contributed by atoms with van der Waals surface area (Å²) in [6.45, 7) is 4.59. The van der Waals surface area contributed by atoms with E-state index >= 15 is 0 Å². The van der Waals surface area contributed by atoms with Crippen molar-refractivity contribution in [3.63, 3.8) is 0 Å². The van der Waals surface area contributed by atoms with Crippen LogP contribution in [0.15, 0.2) is 23.8 Å². The van der Waals surface area contributed by atoms with Crippen LogP contribution < -0.4 is 0 Å². The van der Waals surface area contributed by atoms with Crippen molar-refractivity contribution in [1.29, 1.82) is 0 Å². The monoisotopic (exact) mass is 253 g/mol. The molecule has 0 spiro atoms. The Morgan fingerprint density at radius 2 is 1.12 bits per heavy atom. The maximum Gasteiger partial charge on any atom is -0.0295 e. The molecule has 0 amide bonds. The van der Waals surface area contributed by atoms with Gasteiger partial charge in [0.2, 0.25) is 0 Å². The topological polar surface area (TPSA) is 0 Å². The van der Waals surface area contributed by atoms with Crippen LogP contribution in [0.4, 0.5) is 0 Å². The van der Waals surface area contributed by atoms with Crippen LogP contribution in [-0.4, -0.2) is 12.3 Å². The van der Waals surface area contributed by atoms with Crippen molar-refractivity contribution in [2.75, 3.05) is 12.3 Å². The van der Waals surface area contributed by atoms with E-state index in [0.717, 1.165) is 0 Å². The fourth-order valence-corrected chi connectivity index (χ4v) is 6.00. The number of allylic oxidation sites excluding steroid dienone is 2. The minimum atomic E-state index is -0.788. The molecule has 1 heteroatoms. The van der Waals surface area contributed by atoms with Crippen molar-refractivity contribution in [3.05, 3.63) is 23.8 Å². The highest BCUT2D eigenvalue weighted by atomic mass is 31.2. The van der Waals surface area contributed by atoms with Crippen LogP contribution in [0.25, 0.3) is 0 Å². The van der Waals surface area contributed by atoms with Crippen molar-refractivity contribution < 1.29 is 0 Å². The molecule has 1 radical (unpaired) electrons. The van der Waals surface area contributed by atoms with Crippen LogP contribution in [0.2, 0.25) is 0 Å². The molecule has 1 aliphatic rings. The van der Waals surface area contributed by atoms with E-state index in [1.807, 2.05) is 0 Å². The lowest BCUT2D eigenvalue weighted by molar-refractivity contribution is 0.695. The summed E-state index contributed by atoms with van der Waals surface area (Å²) in [4.78, 5) is 0. The predicted octanol–water partition coefficient (Wildman–Crippen LogP) is 6.21. The Balaban J connectivity index is 2.25. The predicted molar refractivity (Wildman–Crippen MR) is 83.2 cm³/mol. The molecular formula is C16H30P. The molecule has 0 saturated heterocycles. The number of hydrogen-bond donors (Lipinski definition) is 0. The lowest BCUT2D eigenvalue weighted by atomic mass is 10.2. The molecule has 1 heterocycles. The van der Waals surface area contributed by atoms with E-state index in [0.29, 0.717) is 0 Å². The van der Waals surface area contributed by atoms with E-state index in [1.54, 1.807) is 0 Å². The molecule has 1 aliphatic heterocycles. The molecule has 0 N–H and O–H groups in total. The highest BCUT2D eigenvalue weighted by molar-refractivity contribution is 7.81. The number of rotatable bonds is 10. The summed E-state index contributed by atoms with van der Waals surface area (Å²) in [6.07, 6.45) is 18.9. The van der Waals surface area contributed by atoms with Gasteiger partial charge in [0.15, 0.2) is 0 Å². The molecule has 0 nitrogen and oxygen atoms in total. The van der Waals surface area contributed by atoms with Gasteiger partial charge in [-0.25, -0.2) is 0 Å². The molecule has 0 fully saturated rings. The molecule has 0 bridgehead atoms. The van der Waals surface area contributed by atoms with Gasteiger partial charge in [-0.1, -0.05) is 83.4 Å². The highest BCUT2D eigenvalue weighted by Crippen LogP contribution is 2.65. The van der Waals surface area contributed by atoms with Gasteiger partial charge in [-0.05, 0) is 25.2 Å². The summed E-state index contributed by atoms with van der Waals surface area (Å²) in [6, 6.07) is 0. The van der Waals surface area contributed by atoms with E-state index in [2.05, 4.69) is 37.6 Å². The van der Waals surface area contributed by atoms with Gasteiger partial charge in [0, 0.05) is 0 Å². The van der Waals surface area contributed by atoms with Crippen LogP contribution in [-0.2, 0) is 0 Å². The Morgan fingerprint density at radius 3 is 1.53 bits per heavy atom. The average molecular weight is 253 g/mol. The SMILES string of the molecule is CCCCCC[P]1(CCCCCC)C=CC=C1. The normalized spacial score (nSPS) is 16.8. The second kappa shape index (κ2) is 8.92. The quantitative estimate of drug-likeness (QED) is 0.321. The lowest BCUT2D eigenvalue weighted by Gasteiger charge is -2.28. The van der Waals surface area contributed by atoms with E-state index in [-0.39, 0.29) is 0 Å². The Bertz CT molecular complexity index is 214. The first-order valence-corrected chi connectivity index (χ1v) is 9.86. The Kier molecular flexibility index (Phi) is 7.86. The first-order chi connectivity index (χ1) is 8.33. The molecule has 99 valence electrons. The fourth-order valence-electron chi connectivity index (χ4n) is 2.57. The first-order valence-electron chi connectivity index (χ1n) is 7.56. The van der Waals surface area contributed by atoms with Crippen LogP contribution in [0, 0.1) is 0 Å². The summed E-state index contributed by atoms with van der Waals surface area (Å²) in [5.41, 5.74) is 0. The molecule has 0 aliphatic carbocycles. The second-order valence-electron chi connectivity index (χ2n) is 5.35. The van der Waals surface area contributed by atoms with E-state index in [1.165, 1.54) is 63.7 Å². The number of hydrogen-bond acceptors (Lipinski definition) is 0. The summed E-state index contributed by atoms with van der Waals surface area (Å²) in [5, 5.41) is 0. The van der Waals surface area contributed by atoms with Gasteiger partial charge in [0.25, 0.3) is 0 Å². The van der Waals surface area contributed by atoms with Gasteiger partial charge in [-0.2, -0.15) is 0 Å². The average Bonchev–Trinajstić information content (AvgIpc) is 2.80. The van der Waals surface area contributed by atoms with Crippen molar-refractivity contribution in [1.82, 2.24) is 0 Å². The Labute approximate surface area is 109 Å². The molecule has 0 aromatic rings. The molecule has 17 heavy (non-hydrogen) atoms. The minimum Gasteiger partial charge on any atom is -0.0848 e. The van der Waals surface area contributed by atoms with Gasteiger partial charge in [-0.15, -0.1) is 0 Å². The highest BCUT2D eigenvalue weighted by Gasteiger charge is 2.21. The van der Waals surface area contributed by atoms with Gasteiger partial charge < -0.3 is 0 Å². The van der Waals surface area contributed by atoms with Crippen LogP contribution in [0.3, 0.4) is 0 Å². The lowest BCUT2D eigenvalue weighted by Crippen LogP contribution is -1.98. The van der Waals surface area contributed by atoms with Crippen molar-refractivity contribution in [3.8, 4) is 0 Å². The van der Waals surface area contributed by atoms with Gasteiger partial charge in [-0.3, -0.25) is 0 Å². The van der Waals surface area contributed by atoms with Crippen LogP contribution in [0.5, 0.6) is 0 Å². The fraction of sp³-hybridized carbons (Fsp3) is 0.750. The molecule has 0 aromatic carbocycles. The standard InChI is InChI=1S/C16H30P/c1-3-5-7-9-13-17(15-11-12-16-17)14-10-8-6-4-2/h11-12,15-16H,3-10,13-14H2,1-2H3. The van der Waals surface area contributed by atoms with Crippen molar-refractivity contribution >= 4 is 7.26 Å². The molecule has 0 atom stereocenters. The van der Waals surface area contributed by atoms with Crippen LogP contribution >= 0.6 is 7.26 Å². The molecule has 0 aromatic heterocycles. The third-order valence-electron chi connectivity index (χ3n) is 3.73. The maximum atomic E-state index is 2.56.